The van der Waals surface area contributed by atoms with E-state index in [4.69, 9.17) is 4.74 Å². The molecule has 1 saturated heterocycles. The second kappa shape index (κ2) is 16.9. The van der Waals surface area contributed by atoms with E-state index in [9.17, 15) is 19.2 Å². The number of rotatable bonds is 13. The lowest BCUT2D eigenvalue weighted by molar-refractivity contribution is -0.149. The van der Waals surface area contributed by atoms with Crippen molar-refractivity contribution < 1.29 is 37.1 Å². The Hall–Kier alpha value is -4.00. The molecule has 1 aliphatic carbocycles. The number of amides is 3. The van der Waals surface area contributed by atoms with E-state index in [1.807, 2.05) is 7.05 Å². The van der Waals surface area contributed by atoms with E-state index in [-0.39, 0.29) is 42.0 Å². The zero-order chi connectivity index (χ0) is 34.8. The molecule has 2 heterocycles. The normalized spacial score (nSPS) is 19.0. The smallest absolute Gasteiger partial charge is 0.351 e. The third-order valence-electron chi connectivity index (χ3n) is 9.37. The van der Waals surface area contributed by atoms with Crippen LogP contribution in [0.5, 0.6) is 5.88 Å². The number of carbonyl (C=O) groups is 4. The number of ketones is 1. The van der Waals surface area contributed by atoms with Gasteiger partial charge in [-0.2, -0.15) is 8.78 Å². The second-order valence-corrected chi connectivity index (χ2v) is 12.8. The van der Waals surface area contributed by atoms with E-state index in [2.05, 4.69) is 25.8 Å². The molecule has 3 N–H and O–H groups in total. The standard InChI is InChI=1S/C35H46F3N5O5/c1-4-29(44)40-28(32(45)24-11-8-17-43(2)18-16-24)20-22-12-14-27(26(36)19-22)41-33(46)31(23-9-6-5-7-10-23)42-34(47)35(37,38)25-13-15-30(48-3)39-21-25/h12-15,19,21,23-24,28,31H,4-11,16-18,20H2,1-3H3,(H,40,44)(H,41,46)(H,42,47)/t24?,28-,31+/m1/s1. The van der Waals surface area contributed by atoms with Crippen molar-refractivity contribution in [2.75, 3.05) is 32.6 Å². The van der Waals surface area contributed by atoms with Gasteiger partial charge in [-0.25, -0.2) is 9.37 Å². The van der Waals surface area contributed by atoms with Gasteiger partial charge in [-0.1, -0.05) is 32.3 Å². The summed E-state index contributed by atoms with van der Waals surface area (Å²) in [5.74, 6) is -8.18. The van der Waals surface area contributed by atoms with Gasteiger partial charge in [0.05, 0.1) is 18.8 Å². The number of methoxy groups -OCH3 is 1. The van der Waals surface area contributed by atoms with E-state index >= 15 is 13.2 Å². The number of alkyl halides is 2. The predicted molar refractivity (Wildman–Crippen MR) is 174 cm³/mol. The molecule has 1 aromatic heterocycles. The molecule has 4 rings (SSSR count). The molecule has 262 valence electrons. The minimum atomic E-state index is -3.99. The molecule has 2 fully saturated rings. The maximum absolute atomic E-state index is 15.5. The van der Waals surface area contributed by atoms with Gasteiger partial charge in [0.25, 0.3) is 5.91 Å². The van der Waals surface area contributed by atoms with Crippen LogP contribution in [0.2, 0.25) is 0 Å². The fourth-order valence-electron chi connectivity index (χ4n) is 6.48. The fourth-order valence-corrected chi connectivity index (χ4v) is 6.48. The van der Waals surface area contributed by atoms with Gasteiger partial charge in [0.2, 0.25) is 17.7 Å². The molecule has 3 atom stereocenters. The number of halogens is 3. The highest BCUT2D eigenvalue weighted by atomic mass is 19.3. The van der Waals surface area contributed by atoms with Gasteiger partial charge in [0.1, 0.15) is 11.9 Å². The monoisotopic (exact) mass is 673 g/mol. The van der Waals surface area contributed by atoms with Gasteiger partial charge in [-0.3, -0.25) is 19.2 Å². The number of anilines is 1. The Morgan fingerprint density at radius 1 is 1.00 bits per heavy atom. The Morgan fingerprint density at radius 3 is 2.40 bits per heavy atom. The van der Waals surface area contributed by atoms with Gasteiger partial charge < -0.3 is 25.6 Å². The van der Waals surface area contributed by atoms with Crippen molar-refractivity contribution in [2.24, 2.45) is 11.8 Å². The summed E-state index contributed by atoms with van der Waals surface area (Å²) >= 11 is 0. The third kappa shape index (κ3) is 9.55. The maximum Gasteiger partial charge on any atom is 0.351 e. The molecular formula is C35H46F3N5O5. The molecule has 1 aliphatic heterocycles. The van der Waals surface area contributed by atoms with E-state index < -0.39 is 47.1 Å². The number of benzene rings is 1. The van der Waals surface area contributed by atoms with Crippen LogP contribution in [0.1, 0.15) is 75.8 Å². The molecule has 1 aromatic carbocycles. The molecule has 1 saturated carbocycles. The van der Waals surface area contributed by atoms with Crippen molar-refractivity contribution in [1.82, 2.24) is 20.5 Å². The zero-order valence-corrected chi connectivity index (χ0v) is 27.8. The Bertz CT molecular complexity index is 1430. The molecule has 0 bridgehead atoms. The summed E-state index contributed by atoms with van der Waals surface area (Å²) < 4.78 is 50.8. The number of nitrogens with zero attached hydrogens (tertiary/aromatic N) is 2. The van der Waals surface area contributed by atoms with Crippen molar-refractivity contribution in [1.29, 1.82) is 0 Å². The fraction of sp³-hybridized carbons (Fsp3) is 0.571. The number of Topliss-reactive ketones (excluding diaryl/α,β-unsaturated/α-hetero) is 1. The van der Waals surface area contributed by atoms with Gasteiger partial charge in [0.15, 0.2) is 5.78 Å². The number of pyridine rings is 1. The number of nitrogens with one attached hydrogen (secondary N) is 3. The maximum atomic E-state index is 15.5. The molecular weight excluding hydrogens is 627 g/mol. The number of carbonyl (C=O) groups excluding carboxylic acids is 4. The van der Waals surface area contributed by atoms with Crippen molar-refractivity contribution in [3.05, 3.63) is 53.5 Å². The van der Waals surface area contributed by atoms with E-state index in [1.54, 1.807) is 13.0 Å². The Kier molecular flexibility index (Phi) is 13.0. The van der Waals surface area contributed by atoms with E-state index in [1.165, 1.54) is 25.3 Å². The summed E-state index contributed by atoms with van der Waals surface area (Å²) in [6.45, 7) is 3.35. The van der Waals surface area contributed by atoms with Crippen LogP contribution in [0.25, 0.3) is 0 Å². The van der Waals surface area contributed by atoms with Crippen LogP contribution in [-0.4, -0.2) is 72.7 Å². The first-order valence-corrected chi connectivity index (χ1v) is 16.7. The van der Waals surface area contributed by atoms with Crippen molar-refractivity contribution in [2.45, 2.75) is 89.1 Å². The number of likely N-dealkylation sites (tertiary alicyclic amines) is 1. The van der Waals surface area contributed by atoms with Crippen LogP contribution < -0.4 is 20.7 Å². The molecule has 1 unspecified atom stereocenters. The van der Waals surface area contributed by atoms with Gasteiger partial charge in [-0.05, 0) is 88.3 Å². The molecule has 10 nitrogen and oxygen atoms in total. The minimum absolute atomic E-state index is 0.0676. The SMILES string of the molecule is CCC(=O)N[C@H](Cc1ccc(NC(=O)[C@@H](NC(=O)C(F)(F)c2ccc(OC)nc2)C2CCCCC2)c(F)c1)C(=O)C1CCCN(C)CC1. The Labute approximate surface area is 279 Å². The van der Waals surface area contributed by atoms with Crippen LogP contribution >= 0.6 is 0 Å². The first kappa shape index (κ1) is 36.8. The van der Waals surface area contributed by atoms with Gasteiger partial charge in [-0.15, -0.1) is 0 Å². The molecule has 2 aromatic rings. The third-order valence-corrected chi connectivity index (χ3v) is 9.37. The minimum Gasteiger partial charge on any atom is -0.481 e. The van der Waals surface area contributed by atoms with Crippen LogP contribution in [-0.2, 0) is 31.5 Å². The van der Waals surface area contributed by atoms with Crippen molar-refractivity contribution in [3.8, 4) is 5.88 Å². The lowest BCUT2D eigenvalue weighted by atomic mass is 9.83. The zero-order valence-electron chi connectivity index (χ0n) is 27.8. The molecule has 48 heavy (non-hydrogen) atoms. The van der Waals surface area contributed by atoms with Crippen LogP contribution in [0, 0.1) is 17.7 Å². The number of hydrogen-bond donors (Lipinski definition) is 3. The largest absolute Gasteiger partial charge is 0.481 e. The highest BCUT2D eigenvalue weighted by molar-refractivity contribution is 5.98. The average molecular weight is 674 g/mol. The molecule has 3 amide bonds. The molecule has 13 heteroatoms. The first-order chi connectivity index (χ1) is 22.9. The lowest BCUT2D eigenvalue weighted by Crippen LogP contribution is -2.52. The lowest BCUT2D eigenvalue weighted by Gasteiger charge is -2.31. The van der Waals surface area contributed by atoms with Crippen LogP contribution in [0.4, 0.5) is 18.9 Å². The van der Waals surface area contributed by atoms with E-state index in [0.29, 0.717) is 31.2 Å². The van der Waals surface area contributed by atoms with E-state index in [0.717, 1.165) is 51.0 Å². The van der Waals surface area contributed by atoms with Crippen LogP contribution in [0.15, 0.2) is 36.5 Å². The summed E-state index contributed by atoms with van der Waals surface area (Å²) in [6, 6.07) is 4.14. The summed E-state index contributed by atoms with van der Waals surface area (Å²) in [7, 11) is 3.34. The van der Waals surface area contributed by atoms with Crippen molar-refractivity contribution >= 4 is 29.2 Å². The Balaban J connectivity index is 1.49. The average Bonchev–Trinajstić information content (AvgIpc) is 3.31. The van der Waals surface area contributed by atoms with Crippen LogP contribution in [0.3, 0.4) is 0 Å². The molecule has 2 aliphatic rings. The molecule has 0 spiro atoms. The summed E-state index contributed by atoms with van der Waals surface area (Å²) in [6.07, 6.45) is 6.86. The first-order valence-electron chi connectivity index (χ1n) is 16.7. The van der Waals surface area contributed by atoms with Gasteiger partial charge >= 0.3 is 5.92 Å². The topological polar surface area (TPSA) is 130 Å². The Morgan fingerprint density at radius 2 is 1.75 bits per heavy atom. The number of aromatic nitrogens is 1. The second-order valence-electron chi connectivity index (χ2n) is 12.8. The summed E-state index contributed by atoms with van der Waals surface area (Å²) in [4.78, 5) is 58.2. The predicted octanol–water partition coefficient (Wildman–Crippen LogP) is 4.76. The quantitative estimate of drug-likeness (QED) is 0.280. The summed E-state index contributed by atoms with van der Waals surface area (Å²) in [5, 5.41) is 7.53. The highest BCUT2D eigenvalue weighted by Crippen LogP contribution is 2.32. The van der Waals surface area contributed by atoms with Gasteiger partial charge in [0, 0.05) is 30.2 Å². The van der Waals surface area contributed by atoms with Crippen molar-refractivity contribution in [3.63, 3.8) is 0 Å². The number of hydrogen-bond acceptors (Lipinski definition) is 7. The molecule has 0 radical (unpaired) electrons. The summed E-state index contributed by atoms with van der Waals surface area (Å²) in [5.41, 5.74) is -0.420. The highest BCUT2D eigenvalue weighted by Gasteiger charge is 2.44. The number of ether oxygens (including phenoxy) is 1.